The van der Waals surface area contributed by atoms with Gasteiger partial charge in [-0.05, 0) is 55.0 Å². The van der Waals surface area contributed by atoms with Gasteiger partial charge in [0.2, 0.25) is 0 Å². The number of nitrogens with zero attached hydrogens (tertiary/aromatic N) is 2. The van der Waals surface area contributed by atoms with Crippen molar-refractivity contribution in [3.63, 3.8) is 0 Å². The quantitative estimate of drug-likeness (QED) is 0.733. The minimum Gasteiger partial charge on any atom is -0.376 e. The van der Waals surface area contributed by atoms with E-state index in [1.54, 1.807) is 23.1 Å². The standard InChI is InChI=1S/C24H24N2O4/c1-15-10-11-25(21-7-3-2-6-18(15)21)22(27)16-8-9-19-20(13-16)24(29)26(23(19)28)14-17-5-4-12-30-17/h2-3,6-9,13,15,17H,4-5,10-12,14H2,1H3. The van der Waals surface area contributed by atoms with E-state index in [1.165, 1.54) is 4.90 Å². The van der Waals surface area contributed by atoms with Crippen LogP contribution in [0.1, 0.15) is 68.7 Å². The van der Waals surface area contributed by atoms with E-state index >= 15 is 0 Å². The van der Waals surface area contributed by atoms with Crippen LogP contribution >= 0.6 is 0 Å². The maximum atomic E-state index is 13.3. The summed E-state index contributed by atoms with van der Waals surface area (Å²) in [6, 6.07) is 12.8. The number of para-hydroxylation sites is 1. The van der Waals surface area contributed by atoms with Crippen LogP contribution in [0.15, 0.2) is 42.5 Å². The van der Waals surface area contributed by atoms with Crippen LogP contribution in [0, 0.1) is 0 Å². The highest BCUT2D eigenvalue weighted by Crippen LogP contribution is 2.36. The molecule has 0 spiro atoms. The van der Waals surface area contributed by atoms with Crippen LogP contribution in [0.3, 0.4) is 0 Å². The Morgan fingerprint density at radius 3 is 2.67 bits per heavy atom. The van der Waals surface area contributed by atoms with Gasteiger partial charge in [0.15, 0.2) is 0 Å². The van der Waals surface area contributed by atoms with Crippen LogP contribution in [0.2, 0.25) is 0 Å². The molecular weight excluding hydrogens is 380 g/mol. The zero-order valence-corrected chi connectivity index (χ0v) is 17.0. The number of amides is 3. The molecule has 3 aliphatic rings. The molecule has 1 saturated heterocycles. The molecule has 154 valence electrons. The summed E-state index contributed by atoms with van der Waals surface area (Å²) in [5.41, 5.74) is 3.18. The molecule has 2 aromatic carbocycles. The van der Waals surface area contributed by atoms with E-state index in [0.717, 1.165) is 30.5 Å². The number of fused-ring (bicyclic) bond motifs is 2. The van der Waals surface area contributed by atoms with Gasteiger partial charge in [0, 0.05) is 24.4 Å². The molecule has 0 radical (unpaired) electrons. The Kier molecular flexibility index (Phi) is 4.66. The minimum atomic E-state index is -0.340. The van der Waals surface area contributed by atoms with Gasteiger partial charge in [-0.25, -0.2) is 0 Å². The van der Waals surface area contributed by atoms with E-state index in [0.29, 0.717) is 35.8 Å². The second-order valence-electron chi connectivity index (χ2n) is 8.32. The Morgan fingerprint density at radius 1 is 1.07 bits per heavy atom. The Hall–Kier alpha value is -2.99. The lowest BCUT2D eigenvalue weighted by Gasteiger charge is -2.33. The number of imide groups is 1. The molecule has 1 fully saturated rings. The summed E-state index contributed by atoms with van der Waals surface area (Å²) in [6.45, 7) is 3.74. The molecular formula is C24H24N2O4. The van der Waals surface area contributed by atoms with Gasteiger partial charge < -0.3 is 9.64 Å². The van der Waals surface area contributed by atoms with Crippen LogP contribution in [0.4, 0.5) is 5.69 Å². The lowest BCUT2D eigenvalue weighted by atomic mass is 9.91. The van der Waals surface area contributed by atoms with Gasteiger partial charge in [-0.2, -0.15) is 0 Å². The Balaban J connectivity index is 1.43. The number of hydrogen-bond donors (Lipinski definition) is 0. The van der Waals surface area contributed by atoms with E-state index in [9.17, 15) is 14.4 Å². The van der Waals surface area contributed by atoms with Crippen LogP contribution in [0.25, 0.3) is 0 Å². The first-order chi connectivity index (χ1) is 14.5. The Labute approximate surface area is 175 Å². The SMILES string of the molecule is CC1CCN(C(=O)c2ccc3c(c2)C(=O)N(CC2CCCO2)C3=O)c2ccccc21. The lowest BCUT2D eigenvalue weighted by molar-refractivity contribution is 0.0475. The maximum Gasteiger partial charge on any atom is 0.261 e. The second kappa shape index (κ2) is 7.36. The first kappa shape index (κ1) is 19.0. The van der Waals surface area contributed by atoms with Crippen LogP contribution in [-0.4, -0.2) is 48.4 Å². The predicted octanol–water partition coefficient (Wildman–Crippen LogP) is 3.62. The number of anilines is 1. The average molecular weight is 404 g/mol. The molecule has 30 heavy (non-hydrogen) atoms. The third-order valence-corrected chi connectivity index (χ3v) is 6.42. The van der Waals surface area contributed by atoms with Crippen molar-refractivity contribution in [2.75, 3.05) is 24.6 Å². The topological polar surface area (TPSA) is 66.9 Å². The molecule has 0 bridgehead atoms. The fourth-order valence-corrected chi connectivity index (χ4v) is 4.70. The fourth-order valence-electron chi connectivity index (χ4n) is 4.70. The summed E-state index contributed by atoms with van der Waals surface area (Å²) in [7, 11) is 0. The number of hydrogen-bond acceptors (Lipinski definition) is 4. The lowest BCUT2D eigenvalue weighted by Crippen LogP contribution is -2.36. The van der Waals surface area contributed by atoms with Crippen molar-refractivity contribution in [2.24, 2.45) is 0 Å². The molecule has 0 N–H and O–H groups in total. The van der Waals surface area contributed by atoms with E-state index in [4.69, 9.17) is 4.74 Å². The molecule has 3 amide bonds. The monoisotopic (exact) mass is 404 g/mol. The maximum absolute atomic E-state index is 13.3. The summed E-state index contributed by atoms with van der Waals surface area (Å²) >= 11 is 0. The molecule has 0 aliphatic carbocycles. The van der Waals surface area contributed by atoms with Crippen molar-refractivity contribution in [1.29, 1.82) is 0 Å². The summed E-state index contributed by atoms with van der Waals surface area (Å²) in [5, 5.41) is 0. The number of rotatable bonds is 3. The van der Waals surface area contributed by atoms with Crippen molar-refractivity contribution in [3.8, 4) is 0 Å². The number of carbonyl (C=O) groups excluding carboxylic acids is 3. The summed E-state index contributed by atoms with van der Waals surface area (Å²) in [4.78, 5) is 42.0. The van der Waals surface area contributed by atoms with Gasteiger partial charge in [0.25, 0.3) is 17.7 Å². The van der Waals surface area contributed by atoms with Crippen molar-refractivity contribution < 1.29 is 19.1 Å². The highest BCUT2D eigenvalue weighted by molar-refractivity contribution is 6.22. The van der Waals surface area contributed by atoms with E-state index in [1.807, 2.05) is 18.2 Å². The predicted molar refractivity (Wildman–Crippen MR) is 112 cm³/mol. The molecule has 0 aromatic heterocycles. The molecule has 2 unspecified atom stereocenters. The third-order valence-electron chi connectivity index (χ3n) is 6.42. The largest absolute Gasteiger partial charge is 0.376 e. The van der Waals surface area contributed by atoms with Gasteiger partial charge in [0.1, 0.15) is 0 Å². The molecule has 5 rings (SSSR count). The molecule has 2 aromatic rings. The third kappa shape index (κ3) is 3.03. The average Bonchev–Trinajstić information content (AvgIpc) is 3.37. The molecule has 6 nitrogen and oxygen atoms in total. The summed E-state index contributed by atoms with van der Waals surface area (Å²) in [5.74, 6) is -0.389. The van der Waals surface area contributed by atoms with Crippen molar-refractivity contribution in [3.05, 3.63) is 64.7 Å². The van der Waals surface area contributed by atoms with Crippen LogP contribution in [0.5, 0.6) is 0 Å². The Bertz CT molecular complexity index is 1040. The fraction of sp³-hybridized carbons (Fsp3) is 0.375. The number of carbonyl (C=O) groups is 3. The van der Waals surface area contributed by atoms with Gasteiger partial charge in [-0.15, -0.1) is 0 Å². The summed E-state index contributed by atoms with van der Waals surface area (Å²) in [6.07, 6.45) is 2.59. The number of ether oxygens (including phenoxy) is 1. The van der Waals surface area contributed by atoms with Gasteiger partial charge >= 0.3 is 0 Å². The van der Waals surface area contributed by atoms with Crippen molar-refractivity contribution in [1.82, 2.24) is 4.90 Å². The molecule has 2 atom stereocenters. The highest BCUT2D eigenvalue weighted by Gasteiger charge is 2.38. The Morgan fingerprint density at radius 2 is 1.87 bits per heavy atom. The normalized spacial score (nSPS) is 23.0. The first-order valence-electron chi connectivity index (χ1n) is 10.6. The minimum absolute atomic E-state index is 0.0971. The van der Waals surface area contributed by atoms with E-state index in [-0.39, 0.29) is 30.4 Å². The highest BCUT2D eigenvalue weighted by atomic mass is 16.5. The van der Waals surface area contributed by atoms with Gasteiger partial charge in [-0.3, -0.25) is 19.3 Å². The molecule has 0 saturated carbocycles. The second-order valence-corrected chi connectivity index (χ2v) is 8.32. The van der Waals surface area contributed by atoms with E-state index in [2.05, 4.69) is 13.0 Å². The number of benzene rings is 2. The van der Waals surface area contributed by atoms with Gasteiger partial charge in [0.05, 0.1) is 23.8 Å². The zero-order chi connectivity index (χ0) is 20.8. The zero-order valence-electron chi connectivity index (χ0n) is 17.0. The first-order valence-corrected chi connectivity index (χ1v) is 10.6. The van der Waals surface area contributed by atoms with Crippen LogP contribution in [-0.2, 0) is 4.74 Å². The summed E-state index contributed by atoms with van der Waals surface area (Å²) < 4.78 is 5.59. The van der Waals surface area contributed by atoms with Crippen molar-refractivity contribution in [2.45, 2.75) is 38.2 Å². The van der Waals surface area contributed by atoms with E-state index < -0.39 is 0 Å². The van der Waals surface area contributed by atoms with Crippen LogP contribution < -0.4 is 4.90 Å². The molecule has 3 aliphatic heterocycles. The molecule has 3 heterocycles. The molecule has 6 heteroatoms. The van der Waals surface area contributed by atoms with Crippen molar-refractivity contribution >= 4 is 23.4 Å². The smallest absolute Gasteiger partial charge is 0.261 e. The van der Waals surface area contributed by atoms with Gasteiger partial charge in [-0.1, -0.05) is 25.1 Å².